The van der Waals surface area contributed by atoms with Gasteiger partial charge in [-0.1, -0.05) is 46.0 Å². The van der Waals surface area contributed by atoms with E-state index >= 15 is 0 Å². The van der Waals surface area contributed by atoms with Gasteiger partial charge in [-0.2, -0.15) is 5.26 Å². The summed E-state index contributed by atoms with van der Waals surface area (Å²) in [6, 6.07) is 2.40. The minimum atomic E-state index is -0.656. The summed E-state index contributed by atoms with van der Waals surface area (Å²) in [4.78, 5) is 12.6. The molecular weight excluding hydrogens is 210 g/mol. The van der Waals surface area contributed by atoms with E-state index in [0.717, 1.165) is 25.7 Å². The molecule has 17 heavy (non-hydrogen) atoms. The van der Waals surface area contributed by atoms with Crippen LogP contribution in [0.5, 0.6) is 0 Å². The number of hydrogen-bond acceptors (Lipinski definition) is 2. The summed E-state index contributed by atoms with van der Waals surface area (Å²) in [5, 5.41) is 9.53. The van der Waals surface area contributed by atoms with Crippen molar-refractivity contribution in [2.24, 2.45) is 16.7 Å². The second kappa shape index (κ2) is 4.44. The average Bonchev–Trinajstić information content (AvgIpc) is 2.77. The number of hydrogen-bond donors (Lipinski definition) is 0. The van der Waals surface area contributed by atoms with Gasteiger partial charge in [0.25, 0.3) is 0 Å². The van der Waals surface area contributed by atoms with Crippen molar-refractivity contribution in [3.63, 3.8) is 0 Å². The fourth-order valence-electron chi connectivity index (χ4n) is 3.76. The first-order valence-electron chi connectivity index (χ1n) is 6.96. The Morgan fingerprint density at radius 1 is 1.24 bits per heavy atom. The predicted octanol–water partition coefficient (Wildman–Crippen LogP) is 3.86. The van der Waals surface area contributed by atoms with Gasteiger partial charge in [0.05, 0.1) is 6.07 Å². The first-order chi connectivity index (χ1) is 8.00. The molecule has 0 heterocycles. The minimum Gasteiger partial charge on any atom is -0.297 e. The Morgan fingerprint density at radius 2 is 1.88 bits per heavy atom. The number of nitriles is 1. The third kappa shape index (κ3) is 2.25. The van der Waals surface area contributed by atoms with Gasteiger partial charge in [0.1, 0.15) is 5.41 Å². The molecule has 1 atom stereocenters. The van der Waals surface area contributed by atoms with Crippen molar-refractivity contribution in [2.75, 3.05) is 0 Å². The highest BCUT2D eigenvalue weighted by Crippen LogP contribution is 2.48. The summed E-state index contributed by atoms with van der Waals surface area (Å²) in [7, 11) is 0. The van der Waals surface area contributed by atoms with Crippen LogP contribution in [0.1, 0.15) is 65.2 Å². The highest BCUT2D eigenvalue weighted by molar-refractivity contribution is 5.92. The Morgan fingerprint density at radius 3 is 2.47 bits per heavy atom. The Balaban J connectivity index is 2.18. The van der Waals surface area contributed by atoms with Gasteiger partial charge in [0, 0.05) is 5.41 Å². The van der Waals surface area contributed by atoms with Crippen LogP contribution < -0.4 is 0 Å². The molecule has 0 aromatic heterocycles. The van der Waals surface area contributed by atoms with Crippen LogP contribution in [0, 0.1) is 28.1 Å². The molecule has 2 heteroatoms. The summed E-state index contributed by atoms with van der Waals surface area (Å²) in [5.41, 5.74) is -0.941. The van der Waals surface area contributed by atoms with Crippen LogP contribution in [0.3, 0.4) is 0 Å². The molecule has 0 bridgehead atoms. The zero-order valence-corrected chi connectivity index (χ0v) is 11.1. The van der Waals surface area contributed by atoms with E-state index in [-0.39, 0.29) is 11.2 Å². The smallest absolute Gasteiger partial charge is 0.158 e. The second-order valence-electron chi connectivity index (χ2n) is 6.62. The molecule has 94 valence electrons. The maximum absolute atomic E-state index is 12.6. The number of ketones is 1. The maximum Gasteiger partial charge on any atom is 0.158 e. The van der Waals surface area contributed by atoms with Gasteiger partial charge in [-0.25, -0.2) is 0 Å². The van der Waals surface area contributed by atoms with E-state index < -0.39 is 5.41 Å². The van der Waals surface area contributed by atoms with Crippen molar-refractivity contribution >= 4 is 5.78 Å². The van der Waals surface area contributed by atoms with Crippen LogP contribution in [0.2, 0.25) is 0 Å². The van der Waals surface area contributed by atoms with Crippen LogP contribution in [-0.2, 0) is 4.79 Å². The molecule has 2 rings (SSSR count). The van der Waals surface area contributed by atoms with E-state index in [2.05, 4.69) is 6.07 Å². The molecule has 0 spiro atoms. The van der Waals surface area contributed by atoms with Gasteiger partial charge in [0.2, 0.25) is 0 Å². The van der Waals surface area contributed by atoms with Gasteiger partial charge in [-0.15, -0.1) is 0 Å². The Hall–Kier alpha value is -0.840. The van der Waals surface area contributed by atoms with Crippen LogP contribution >= 0.6 is 0 Å². The van der Waals surface area contributed by atoms with E-state index in [1.165, 1.54) is 25.7 Å². The molecular formula is C15H23NO. The highest BCUT2D eigenvalue weighted by atomic mass is 16.1. The molecule has 2 aliphatic carbocycles. The number of carbonyl (C=O) groups is 1. The average molecular weight is 233 g/mol. The van der Waals surface area contributed by atoms with Crippen molar-refractivity contribution in [1.29, 1.82) is 5.26 Å². The molecule has 1 unspecified atom stereocenters. The minimum absolute atomic E-state index is 0.214. The predicted molar refractivity (Wildman–Crippen MR) is 67.3 cm³/mol. The third-order valence-electron chi connectivity index (χ3n) is 4.78. The largest absolute Gasteiger partial charge is 0.297 e. The Bertz CT molecular complexity index is 346. The van der Waals surface area contributed by atoms with E-state index in [1.54, 1.807) is 0 Å². The van der Waals surface area contributed by atoms with Crippen molar-refractivity contribution in [1.82, 2.24) is 0 Å². The number of Topliss-reactive ketones (excluding diaryl/α,β-unsaturated/α-hetero) is 1. The molecule has 0 radical (unpaired) electrons. The lowest BCUT2D eigenvalue weighted by Gasteiger charge is -2.40. The first-order valence-corrected chi connectivity index (χ1v) is 6.96. The third-order valence-corrected chi connectivity index (χ3v) is 4.78. The van der Waals surface area contributed by atoms with Crippen LogP contribution in [0.15, 0.2) is 0 Å². The molecule has 0 aliphatic heterocycles. The zero-order chi connectivity index (χ0) is 12.5. The summed E-state index contributed by atoms with van der Waals surface area (Å²) < 4.78 is 0. The molecule has 0 N–H and O–H groups in total. The zero-order valence-electron chi connectivity index (χ0n) is 11.1. The fraction of sp³-hybridized carbons (Fsp3) is 0.867. The van der Waals surface area contributed by atoms with Crippen LogP contribution in [0.4, 0.5) is 0 Å². The van der Waals surface area contributed by atoms with Crippen LogP contribution in [0.25, 0.3) is 0 Å². The van der Waals surface area contributed by atoms with Gasteiger partial charge < -0.3 is 0 Å². The van der Waals surface area contributed by atoms with E-state index in [9.17, 15) is 10.1 Å². The fourth-order valence-corrected chi connectivity index (χ4v) is 3.76. The lowest BCUT2D eigenvalue weighted by Crippen LogP contribution is -2.44. The first kappa shape index (κ1) is 12.6. The van der Waals surface area contributed by atoms with Gasteiger partial charge >= 0.3 is 0 Å². The van der Waals surface area contributed by atoms with Crippen molar-refractivity contribution in [3.8, 4) is 6.07 Å². The van der Waals surface area contributed by atoms with Crippen molar-refractivity contribution in [3.05, 3.63) is 0 Å². The number of nitrogens with zero attached hydrogens (tertiary/aromatic N) is 1. The molecule has 0 aromatic carbocycles. The van der Waals surface area contributed by atoms with E-state index in [1.807, 2.05) is 13.8 Å². The molecule has 2 aliphatic rings. The summed E-state index contributed by atoms with van der Waals surface area (Å²) in [5.74, 6) is 0.832. The monoisotopic (exact) mass is 233 g/mol. The quantitative estimate of drug-likeness (QED) is 0.726. The van der Waals surface area contributed by atoms with E-state index in [0.29, 0.717) is 5.92 Å². The summed E-state index contributed by atoms with van der Waals surface area (Å²) in [6.45, 7) is 4.02. The molecule has 0 aromatic rings. The summed E-state index contributed by atoms with van der Waals surface area (Å²) in [6.07, 6.45) is 8.59. The maximum atomic E-state index is 12.6. The Kier molecular flexibility index (Phi) is 3.30. The van der Waals surface area contributed by atoms with Gasteiger partial charge in [-0.3, -0.25) is 4.79 Å². The lowest BCUT2D eigenvalue weighted by atomic mass is 9.60. The topological polar surface area (TPSA) is 40.9 Å². The van der Waals surface area contributed by atoms with Crippen molar-refractivity contribution in [2.45, 2.75) is 65.2 Å². The lowest BCUT2D eigenvalue weighted by molar-refractivity contribution is -0.139. The van der Waals surface area contributed by atoms with Crippen molar-refractivity contribution < 1.29 is 4.79 Å². The SMILES string of the molecule is CC1(C)CCCC(C#N)(CC2CCCC2)C1=O. The standard InChI is InChI=1S/C15H23NO/c1-14(2)8-5-9-15(11-16,13(14)17)10-12-6-3-4-7-12/h12H,3-10H2,1-2H3. The number of rotatable bonds is 2. The Labute approximate surface area is 104 Å². The normalized spacial score (nSPS) is 33.6. The summed E-state index contributed by atoms with van der Waals surface area (Å²) >= 11 is 0. The molecule has 0 saturated heterocycles. The molecule has 2 saturated carbocycles. The molecule has 2 fully saturated rings. The highest BCUT2D eigenvalue weighted by Gasteiger charge is 2.49. The number of carbonyl (C=O) groups excluding carboxylic acids is 1. The van der Waals surface area contributed by atoms with Crippen LogP contribution in [-0.4, -0.2) is 5.78 Å². The molecule has 0 amide bonds. The van der Waals surface area contributed by atoms with Gasteiger partial charge in [-0.05, 0) is 25.2 Å². The van der Waals surface area contributed by atoms with E-state index in [4.69, 9.17) is 0 Å². The second-order valence-corrected chi connectivity index (χ2v) is 6.62. The molecule has 2 nitrogen and oxygen atoms in total. The van der Waals surface area contributed by atoms with Gasteiger partial charge in [0.15, 0.2) is 5.78 Å².